The molecule has 0 saturated carbocycles. The molecule has 0 fully saturated rings. The van der Waals surface area contributed by atoms with Crippen LogP contribution >= 0.6 is 0 Å². The molecule has 2 unspecified atom stereocenters. The highest BCUT2D eigenvalue weighted by Gasteiger charge is 2.10. The molecule has 0 radical (unpaired) electrons. The molecular formula is C13H18F2N2O2. The Bertz CT molecular complexity index is 439. The van der Waals surface area contributed by atoms with Gasteiger partial charge in [-0.15, -0.1) is 0 Å². The van der Waals surface area contributed by atoms with Crippen LogP contribution in [0.4, 0.5) is 19.3 Å². The van der Waals surface area contributed by atoms with Gasteiger partial charge in [0.25, 0.3) is 0 Å². The number of aliphatic hydroxyl groups is 1. The largest absolute Gasteiger partial charge is 0.393 e. The van der Waals surface area contributed by atoms with Gasteiger partial charge in [-0.25, -0.2) is 13.6 Å². The third kappa shape index (κ3) is 5.65. The zero-order valence-corrected chi connectivity index (χ0v) is 10.9. The average molecular weight is 272 g/mol. The first-order chi connectivity index (χ1) is 8.88. The zero-order valence-electron chi connectivity index (χ0n) is 10.9. The standard InChI is InChI=1S/C13H18F2N2O2/c1-8(5-9(2)18)7-16-13(19)17-12-4-3-10(14)6-11(12)15/h3-4,6,8-9,18H,5,7H2,1-2H3,(H2,16,17,19). The van der Waals surface area contributed by atoms with Gasteiger partial charge in [-0.2, -0.15) is 0 Å². The van der Waals surface area contributed by atoms with Crippen molar-refractivity contribution in [2.45, 2.75) is 26.4 Å². The maximum absolute atomic E-state index is 13.3. The van der Waals surface area contributed by atoms with Crippen molar-refractivity contribution in [3.05, 3.63) is 29.8 Å². The molecule has 0 aromatic heterocycles. The van der Waals surface area contributed by atoms with Crippen molar-refractivity contribution >= 4 is 11.7 Å². The summed E-state index contributed by atoms with van der Waals surface area (Å²) in [5.41, 5.74) is -0.0814. The summed E-state index contributed by atoms with van der Waals surface area (Å²) in [4.78, 5) is 11.5. The molecule has 2 amide bonds. The van der Waals surface area contributed by atoms with Crippen LogP contribution in [-0.2, 0) is 0 Å². The second-order valence-corrected chi connectivity index (χ2v) is 4.65. The number of carbonyl (C=O) groups excluding carboxylic acids is 1. The minimum absolute atomic E-state index is 0.0814. The summed E-state index contributed by atoms with van der Waals surface area (Å²) < 4.78 is 25.9. The molecule has 106 valence electrons. The molecule has 0 saturated heterocycles. The number of benzene rings is 1. The van der Waals surface area contributed by atoms with Gasteiger partial charge in [0.2, 0.25) is 0 Å². The number of rotatable bonds is 5. The quantitative estimate of drug-likeness (QED) is 0.771. The molecule has 0 spiro atoms. The van der Waals surface area contributed by atoms with Crippen LogP contribution in [0.5, 0.6) is 0 Å². The molecule has 4 nitrogen and oxygen atoms in total. The van der Waals surface area contributed by atoms with Crippen molar-refractivity contribution < 1.29 is 18.7 Å². The predicted octanol–water partition coefficient (Wildman–Crippen LogP) is 2.49. The molecule has 1 rings (SSSR count). The summed E-state index contributed by atoms with van der Waals surface area (Å²) >= 11 is 0. The van der Waals surface area contributed by atoms with Crippen molar-refractivity contribution in [2.75, 3.05) is 11.9 Å². The van der Waals surface area contributed by atoms with Gasteiger partial charge in [0.05, 0.1) is 11.8 Å². The highest BCUT2D eigenvalue weighted by atomic mass is 19.1. The molecule has 0 heterocycles. The summed E-state index contributed by atoms with van der Waals surface area (Å²) in [6.45, 7) is 3.91. The number of urea groups is 1. The monoisotopic (exact) mass is 272 g/mol. The summed E-state index contributed by atoms with van der Waals surface area (Å²) in [5.74, 6) is -1.43. The lowest BCUT2D eigenvalue weighted by Gasteiger charge is -2.14. The van der Waals surface area contributed by atoms with E-state index < -0.39 is 23.8 Å². The third-order valence-corrected chi connectivity index (χ3v) is 2.53. The van der Waals surface area contributed by atoms with Gasteiger partial charge < -0.3 is 15.7 Å². The SMILES string of the molecule is CC(O)CC(C)CNC(=O)Nc1ccc(F)cc1F. The number of aliphatic hydroxyl groups excluding tert-OH is 1. The Morgan fingerprint density at radius 2 is 2.05 bits per heavy atom. The van der Waals surface area contributed by atoms with Gasteiger partial charge in [0.15, 0.2) is 0 Å². The van der Waals surface area contributed by atoms with E-state index in [1.807, 2.05) is 6.92 Å². The fraction of sp³-hybridized carbons (Fsp3) is 0.462. The average Bonchev–Trinajstić information content (AvgIpc) is 2.29. The van der Waals surface area contributed by atoms with Crippen LogP contribution in [0.25, 0.3) is 0 Å². The minimum Gasteiger partial charge on any atom is -0.393 e. The Balaban J connectivity index is 2.43. The molecule has 0 aliphatic heterocycles. The second-order valence-electron chi connectivity index (χ2n) is 4.65. The topological polar surface area (TPSA) is 61.4 Å². The van der Waals surface area contributed by atoms with Gasteiger partial charge in [-0.3, -0.25) is 0 Å². The first-order valence-corrected chi connectivity index (χ1v) is 6.06. The maximum atomic E-state index is 13.3. The van der Waals surface area contributed by atoms with Crippen LogP contribution in [0, 0.1) is 17.6 Å². The lowest BCUT2D eigenvalue weighted by Crippen LogP contribution is -2.33. The Morgan fingerprint density at radius 1 is 1.37 bits per heavy atom. The fourth-order valence-corrected chi connectivity index (χ4v) is 1.69. The Morgan fingerprint density at radius 3 is 2.63 bits per heavy atom. The van der Waals surface area contributed by atoms with Crippen LogP contribution < -0.4 is 10.6 Å². The van der Waals surface area contributed by atoms with Crippen molar-refractivity contribution in [3.8, 4) is 0 Å². The zero-order chi connectivity index (χ0) is 14.4. The number of carbonyl (C=O) groups is 1. The van der Waals surface area contributed by atoms with E-state index >= 15 is 0 Å². The van der Waals surface area contributed by atoms with Gasteiger partial charge in [-0.1, -0.05) is 6.92 Å². The molecule has 0 bridgehead atoms. The van der Waals surface area contributed by atoms with Crippen molar-refractivity contribution in [1.29, 1.82) is 0 Å². The van der Waals surface area contributed by atoms with Crippen LogP contribution in [0.1, 0.15) is 20.3 Å². The van der Waals surface area contributed by atoms with Gasteiger partial charge in [-0.05, 0) is 31.4 Å². The molecule has 3 N–H and O–H groups in total. The predicted molar refractivity (Wildman–Crippen MR) is 68.8 cm³/mol. The highest BCUT2D eigenvalue weighted by molar-refractivity contribution is 5.89. The minimum atomic E-state index is -0.827. The van der Waals surface area contributed by atoms with Crippen LogP contribution in [0.2, 0.25) is 0 Å². The van der Waals surface area contributed by atoms with E-state index in [1.165, 1.54) is 0 Å². The number of nitrogens with one attached hydrogen (secondary N) is 2. The second kappa shape index (κ2) is 7.04. The maximum Gasteiger partial charge on any atom is 0.319 e. The molecule has 19 heavy (non-hydrogen) atoms. The van der Waals surface area contributed by atoms with E-state index in [2.05, 4.69) is 10.6 Å². The molecule has 0 aliphatic rings. The van der Waals surface area contributed by atoms with Crippen LogP contribution in [-0.4, -0.2) is 23.8 Å². The van der Waals surface area contributed by atoms with Gasteiger partial charge in [0.1, 0.15) is 11.6 Å². The summed E-state index contributed by atoms with van der Waals surface area (Å²) in [7, 11) is 0. The lowest BCUT2D eigenvalue weighted by molar-refractivity contribution is 0.163. The Labute approximate surface area is 110 Å². The van der Waals surface area contributed by atoms with E-state index in [-0.39, 0.29) is 11.6 Å². The molecule has 0 aliphatic carbocycles. The smallest absolute Gasteiger partial charge is 0.319 e. The highest BCUT2D eigenvalue weighted by Crippen LogP contribution is 2.14. The molecule has 6 heteroatoms. The number of hydrogen-bond donors (Lipinski definition) is 3. The van der Waals surface area contributed by atoms with Crippen molar-refractivity contribution in [2.24, 2.45) is 5.92 Å². The third-order valence-electron chi connectivity index (χ3n) is 2.53. The van der Waals surface area contributed by atoms with E-state index in [0.717, 1.165) is 12.1 Å². The van der Waals surface area contributed by atoms with Crippen LogP contribution in [0.15, 0.2) is 18.2 Å². The number of hydrogen-bond acceptors (Lipinski definition) is 2. The number of amides is 2. The fourth-order valence-electron chi connectivity index (χ4n) is 1.69. The summed E-state index contributed by atoms with van der Waals surface area (Å²) in [6, 6.07) is 2.35. The Kier molecular flexibility index (Phi) is 5.69. The van der Waals surface area contributed by atoms with Gasteiger partial charge >= 0.3 is 6.03 Å². The van der Waals surface area contributed by atoms with E-state index in [1.54, 1.807) is 6.92 Å². The first kappa shape index (κ1) is 15.4. The molecule has 1 aromatic carbocycles. The summed E-state index contributed by atoms with van der Waals surface area (Å²) in [5, 5.41) is 14.0. The number of halogens is 2. The van der Waals surface area contributed by atoms with E-state index in [9.17, 15) is 18.7 Å². The first-order valence-electron chi connectivity index (χ1n) is 6.06. The normalized spacial score (nSPS) is 13.7. The Hall–Kier alpha value is -1.69. The molecule has 2 atom stereocenters. The van der Waals surface area contributed by atoms with Crippen molar-refractivity contribution in [3.63, 3.8) is 0 Å². The van der Waals surface area contributed by atoms with E-state index in [0.29, 0.717) is 19.0 Å². The molecular weight excluding hydrogens is 254 g/mol. The number of anilines is 1. The molecule has 1 aromatic rings. The lowest BCUT2D eigenvalue weighted by atomic mass is 10.1. The summed E-state index contributed by atoms with van der Waals surface area (Å²) in [6.07, 6.45) is 0.125. The van der Waals surface area contributed by atoms with Crippen molar-refractivity contribution in [1.82, 2.24) is 5.32 Å². The van der Waals surface area contributed by atoms with E-state index in [4.69, 9.17) is 0 Å². The van der Waals surface area contributed by atoms with Gasteiger partial charge in [0, 0.05) is 12.6 Å². The van der Waals surface area contributed by atoms with Crippen LogP contribution in [0.3, 0.4) is 0 Å².